The average molecular weight is 247 g/mol. The summed E-state index contributed by atoms with van der Waals surface area (Å²) in [5.74, 6) is 0. The fourth-order valence-corrected chi connectivity index (χ4v) is 2.00. The van der Waals surface area contributed by atoms with E-state index in [9.17, 15) is 0 Å². The number of thiocarbonyl (C=S) groups is 1. The van der Waals surface area contributed by atoms with Crippen molar-refractivity contribution in [2.24, 2.45) is 0 Å². The Kier molecular flexibility index (Phi) is 5.05. The summed E-state index contributed by atoms with van der Waals surface area (Å²) in [5, 5.41) is 0.523. The summed E-state index contributed by atoms with van der Waals surface area (Å²) in [5.41, 5.74) is 0. The van der Waals surface area contributed by atoms with E-state index >= 15 is 0 Å². The molecule has 0 spiro atoms. The third-order valence-electron chi connectivity index (χ3n) is 2.53. The monoisotopic (exact) mass is 246 g/mol. The van der Waals surface area contributed by atoms with Gasteiger partial charge in [-0.2, -0.15) is 0 Å². The van der Waals surface area contributed by atoms with E-state index in [4.69, 9.17) is 17.0 Å². The predicted molar refractivity (Wildman–Crippen MR) is 65.4 cm³/mol. The van der Waals surface area contributed by atoms with Gasteiger partial charge in [0.05, 0.1) is 0 Å². The van der Waals surface area contributed by atoms with Gasteiger partial charge in [0.2, 0.25) is 0 Å². The maximum Gasteiger partial charge on any atom is 0.269 e. The third kappa shape index (κ3) is 3.47. The fourth-order valence-electron chi connectivity index (χ4n) is 1.75. The Labute approximate surface area is 101 Å². The van der Waals surface area contributed by atoms with Gasteiger partial charge < -0.3 is 4.74 Å². The molecule has 1 aliphatic rings. The van der Waals surface area contributed by atoms with Gasteiger partial charge in [-0.3, -0.25) is 4.57 Å². The number of rotatable bonds is 1. The van der Waals surface area contributed by atoms with Crippen molar-refractivity contribution in [1.29, 1.82) is 0 Å². The molecule has 0 N–H and O–H groups in total. The standard InChI is InChI=1S/C10H14N2OS.ClH/c14-10(12-7-6-11-8-12)13-9-4-2-1-3-5-9;/h6-9H,1-5H2;1H. The van der Waals surface area contributed by atoms with Gasteiger partial charge in [0.1, 0.15) is 12.4 Å². The van der Waals surface area contributed by atoms with Crippen molar-refractivity contribution < 1.29 is 4.74 Å². The predicted octanol–water partition coefficient (Wildman–Crippen LogP) is 2.79. The van der Waals surface area contributed by atoms with Crippen LogP contribution in [0.15, 0.2) is 18.7 Å². The zero-order valence-corrected chi connectivity index (χ0v) is 10.1. The molecule has 1 fully saturated rings. The van der Waals surface area contributed by atoms with Crippen molar-refractivity contribution in [3.05, 3.63) is 18.7 Å². The first-order valence-electron chi connectivity index (χ1n) is 5.05. The van der Waals surface area contributed by atoms with Crippen LogP contribution in [0.25, 0.3) is 0 Å². The molecule has 5 heteroatoms. The van der Waals surface area contributed by atoms with Crippen LogP contribution in [0.5, 0.6) is 0 Å². The van der Waals surface area contributed by atoms with Gasteiger partial charge >= 0.3 is 0 Å². The molecule has 0 saturated heterocycles. The Morgan fingerprint density at radius 1 is 1.33 bits per heavy atom. The van der Waals surface area contributed by atoms with Crippen LogP contribution in [0.3, 0.4) is 0 Å². The lowest BCUT2D eigenvalue weighted by Gasteiger charge is -2.22. The number of ether oxygens (including phenoxy) is 1. The van der Waals surface area contributed by atoms with Crippen molar-refractivity contribution in [3.63, 3.8) is 0 Å². The van der Waals surface area contributed by atoms with Crippen LogP contribution in [-0.4, -0.2) is 20.8 Å². The van der Waals surface area contributed by atoms with E-state index in [1.807, 2.05) is 6.20 Å². The number of nitrogens with zero attached hydrogens (tertiary/aromatic N) is 2. The minimum Gasteiger partial charge on any atom is -0.467 e. The molecule has 1 saturated carbocycles. The van der Waals surface area contributed by atoms with Crippen LogP contribution >= 0.6 is 24.6 Å². The van der Waals surface area contributed by atoms with Crippen molar-refractivity contribution in [1.82, 2.24) is 9.55 Å². The van der Waals surface area contributed by atoms with E-state index in [1.165, 1.54) is 19.3 Å². The van der Waals surface area contributed by atoms with Gasteiger partial charge in [-0.1, -0.05) is 6.42 Å². The largest absolute Gasteiger partial charge is 0.467 e. The molecular formula is C10H15ClN2OS. The average Bonchev–Trinajstić information content (AvgIpc) is 2.72. The molecule has 3 nitrogen and oxygen atoms in total. The van der Waals surface area contributed by atoms with E-state index in [2.05, 4.69) is 4.98 Å². The molecule has 0 bridgehead atoms. The molecule has 1 aromatic rings. The highest BCUT2D eigenvalue weighted by atomic mass is 35.5. The quantitative estimate of drug-likeness (QED) is 0.713. The first-order chi connectivity index (χ1) is 6.86. The molecule has 1 heterocycles. The van der Waals surface area contributed by atoms with Crippen LogP contribution in [0.2, 0.25) is 0 Å². The second kappa shape index (κ2) is 6.08. The Morgan fingerprint density at radius 3 is 2.67 bits per heavy atom. The van der Waals surface area contributed by atoms with Crippen LogP contribution < -0.4 is 0 Å². The molecule has 15 heavy (non-hydrogen) atoms. The SMILES string of the molecule is Cl.S=C(OC1CCCCC1)n1ccnc1. The van der Waals surface area contributed by atoms with Crippen LogP contribution in [0.1, 0.15) is 32.1 Å². The second-order valence-corrected chi connectivity index (χ2v) is 3.96. The number of aromatic nitrogens is 2. The van der Waals surface area contributed by atoms with Crippen molar-refractivity contribution in [2.45, 2.75) is 38.2 Å². The van der Waals surface area contributed by atoms with Gasteiger partial charge in [0.15, 0.2) is 0 Å². The summed E-state index contributed by atoms with van der Waals surface area (Å²) in [7, 11) is 0. The molecule has 0 unspecified atom stereocenters. The molecule has 0 amide bonds. The summed E-state index contributed by atoms with van der Waals surface area (Å²) in [4.78, 5) is 3.93. The molecule has 0 aromatic carbocycles. The summed E-state index contributed by atoms with van der Waals surface area (Å²) in [6.45, 7) is 0. The number of imidazole rings is 1. The van der Waals surface area contributed by atoms with E-state index < -0.39 is 0 Å². The van der Waals surface area contributed by atoms with E-state index in [0.29, 0.717) is 11.3 Å². The Morgan fingerprint density at radius 2 is 2.07 bits per heavy atom. The van der Waals surface area contributed by atoms with Gasteiger partial charge in [0, 0.05) is 12.4 Å². The Balaban J connectivity index is 0.00000112. The third-order valence-corrected chi connectivity index (χ3v) is 2.84. The lowest BCUT2D eigenvalue weighted by atomic mass is 9.98. The summed E-state index contributed by atoms with van der Waals surface area (Å²) in [6.07, 6.45) is 11.6. The maximum atomic E-state index is 5.69. The van der Waals surface area contributed by atoms with E-state index in [1.54, 1.807) is 17.1 Å². The van der Waals surface area contributed by atoms with Gasteiger partial charge in [-0.05, 0) is 37.9 Å². The summed E-state index contributed by atoms with van der Waals surface area (Å²) < 4.78 is 7.43. The fraction of sp³-hybridized carbons (Fsp3) is 0.600. The minimum absolute atomic E-state index is 0. The highest BCUT2D eigenvalue weighted by Crippen LogP contribution is 2.20. The Hall–Kier alpha value is -0.610. The molecule has 1 aliphatic carbocycles. The van der Waals surface area contributed by atoms with Crippen LogP contribution in [0.4, 0.5) is 0 Å². The molecule has 84 valence electrons. The number of hydrogen-bond acceptors (Lipinski definition) is 3. The second-order valence-electron chi connectivity index (χ2n) is 3.61. The highest BCUT2D eigenvalue weighted by molar-refractivity contribution is 7.80. The lowest BCUT2D eigenvalue weighted by Crippen LogP contribution is -2.23. The zero-order valence-electron chi connectivity index (χ0n) is 8.46. The van der Waals surface area contributed by atoms with Crippen molar-refractivity contribution >= 4 is 29.8 Å². The van der Waals surface area contributed by atoms with E-state index in [-0.39, 0.29) is 12.4 Å². The number of halogens is 1. The van der Waals surface area contributed by atoms with E-state index in [0.717, 1.165) is 12.8 Å². The maximum absolute atomic E-state index is 5.69. The van der Waals surface area contributed by atoms with Crippen molar-refractivity contribution in [3.8, 4) is 0 Å². The summed E-state index contributed by atoms with van der Waals surface area (Å²) >= 11 is 5.16. The Bertz CT molecular complexity index is 296. The van der Waals surface area contributed by atoms with Gasteiger partial charge in [-0.15, -0.1) is 12.4 Å². The van der Waals surface area contributed by atoms with Crippen molar-refractivity contribution in [2.75, 3.05) is 0 Å². The molecule has 0 aliphatic heterocycles. The van der Waals surface area contributed by atoms with Crippen LogP contribution in [0, 0.1) is 0 Å². The molecule has 2 rings (SSSR count). The van der Waals surface area contributed by atoms with Gasteiger partial charge in [-0.25, -0.2) is 4.98 Å². The summed E-state index contributed by atoms with van der Waals surface area (Å²) in [6, 6.07) is 0. The molecule has 0 atom stereocenters. The topological polar surface area (TPSA) is 27.1 Å². The van der Waals surface area contributed by atoms with Gasteiger partial charge in [0.25, 0.3) is 5.17 Å². The smallest absolute Gasteiger partial charge is 0.269 e. The molecule has 1 aromatic heterocycles. The molecular weight excluding hydrogens is 232 g/mol. The van der Waals surface area contributed by atoms with Crippen LogP contribution in [-0.2, 0) is 4.74 Å². The normalized spacial score (nSPS) is 16.8. The number of hydrogen-bond donors (Lipinski definition) is 0. The minimum atomic E-state index is 0. The first-order valence-corrected chi connectivity index (χ1v) is 5.46. The lowest BCUT2D eigenvalue weighted by molar-refractivity contribution is 0.141. The highest BCUT2D eigenvalue weighted by Gasteiger charge is 2.16. The first kappa shape index (κ1) is 12.5. The molecule has 0 radical (unpaired) electrons. The zero-order chi connectivity index (χ0) is 9.80.